The average molecular weight is 358 g/mol. The first-order chi connectivity index (χ1) is 12.5. The average Bonchev–Trinajstić information content (AvgIpc) is 2.65. The van der Waals surface area contributed by atoms with E-state index in [1.807, 2.05) is 0 Å². The number of nitrogens with zero attached hydrogens (tertiary/aromatic N) is 1. The van der Waals surface area contributed by atoms with Crippen molar-refractivity contribution in [3.8, 4) is 17.2 Å². The summed E-state index contributed by atoms with van der Waals surface area (Å²) in [7, 11) is 4.58. The number of ether oxygens (including phenoxy) is 3. The van der Waals surface area contributed by atoms with Crippen LogP contribution in [0, 0.1) is 0 Å². The minimum atomic E-state index is -0.341. The van der Waals surface area contributed by atoms with Crippen molar-refractivity contribution in [3.63, 3.8) is 0 Å². The van der Waals surface area contributed by atoms with Crippen molar-refractivity contribution in [1.82, 2.24) is 0 Å². The van der Waals surface area contributed by atoms with Gasteiger partial charge in [0.25, 0.3) is 0 Å². The second kappa shape index (κ2) is 8.75. The highest BCUT2D eigenvalue weighted by Gasteiger charge is 2.20. The number of hydrogen-bond donors (Lipinski definition) is 1. The molecule has 138 valence electrons. The van der Waals surface area contributed by atoms with Gasteiger partial charge in [0.05, 0.1) is 27.0 Å². The van der Waals surface area contributed by atoms with Crippen molar-refractivity contribution in [2.24, 2.45) is 0 Å². The fourth-order valence-corrected chi connectivity index (χ4v) is 2.42. The van der Waals surface area contributed by atoms with Gasteiger partial charge in [0.1, 0.15) is 23.8 Å². The highest BCUT2D eigenvalue weighted by atomic mass is 16.5. The van der Waals surface area contributed by atoms with Crippen LogP contribution in [0.3, 0.4) is 0 Å². The van der Waals surface area contributed by atoms with Gasteiger partial charge in [-0.3, -0.25) is 14.5 Å². The monoisotopic (exact) mass is 358 g/mol. The number of nitrogens with one attached hydrogen (secondary N) is 1. The predicted octanol–water partition coefficient (Wildman–Crippen LogP) is 2.70. The van der Waals surface area contributed by atoms with E-state index in [1.54, 1.807) is 56.7 Å². The quantitative estimate of drug-likeness (QED) is 0.823. The lowest BCUT2D eigenvalue weighted by Gasteiger charge is -2.23. The Bertz CT molecular complexity index is 791. The van der Waals surface area contributed by atoms with E-state index < -0.39 is 0 Å². The largest absolute Gasteiger partial charge is 0.497 e. The maximum Gasteiger partial charge on any atom is 0.244 e. The van der Waals surface area contributed by atoms with E-state index in [4.69, 9.17) is 14.2 Å². The van der Waals surface area contributed by atoms with Gasteiger partial charge in [-0.25, -0.2) is 0 Å². The Hall–Kier alpha value is -3.22. The van der Waals surface area contributed by atoms with Crippen LogP contribution in [0.1, 0.15) is 6.92 Å². The van der Waals surface area contributed by atoms with Crippen molar-refractivity contribution in [2.75, 3.05) is 38.1 Å². The fraction of sp³-hybridized carbons (Fsp3) is 0.263. The molecule has 0 spiro atoms. The summed E-state index contributed by atoms with van der Waals surface area (Å²) in [6.07, 6.45) is 0. The van der Waals surface area contributed by atoms with Gasteiger partial charge in [-0.2, -0.15) is 0 Å². The molecule has 1 N–H and O–H groups in total. The van der Waals surface area contributed by atoms with Gasteiger partial charge in [0, 0.05) is 24.7 Å². The second-order valence-electron chi connectivity index (χ2n) is 5.42. The van der Waals surface area contributed by atoms with Crippen LogP contribution in [-0.4, -0.2) is 39.7 Å². The highest BCUT2D eigenvalue weighted by Crippen LogP contribution is 2.32. The van der Waals surface area contributed by atoms with Gasteiger partial charge in [0.2, 0.25) is 11.8 Å². The van der Waals surface area contributed by atoms with E-state index in [0.29, 0.717) is 28.6 Å². The highest BCUT2D eigenvalue weighted by molar-refractivity contribution is 6.02. The summed E-state index contributed by atoms with van der Waals surface area (Å²) in [6, 6.07) is 12.0. The van der Waals surface area contributed by atoms with Crippen molar-refractivity contribution in [1.29, 1.82) is 0 Å². The molecule has 2 amide bonds. The summed E-state index contributed by atoms with van der Waals surface area (Å²) in [4.78, 5) is 25.8. The third kappa shape index (κ3) is 4.66. The second-order valence-corrected chi connectivity index (χ2v) is 5.42. The Balaban J connectivity index is 2.20. The smallest absolute Gasteiger partial charge is 0.244 e. The zero-order chi connectivity index (χ0) is 19.1. The van der Waals surface area contributed by atoms with Crippen LogP contribution in [0.25, 0.3) is 0 Å². The molecule has 0 aliphatic rings. The number of benzene rings is 2. The molecule has 0 aromatic heterocycles. The number of amides is 2. The van der Waals surface area contributed by atoms with Gasteiger partial charge >= 0.3 is 0 Å². The Morgan fingerprint density at radius 1 is 0.962 bits per heavy atom. The summed E-state index contributed by atoms with van der Waals surface area (Å²) >= 11 is 0. The molecule has 0 saturated heterocycles. The van der Waals surface area contributed by atoms with E-state index >= 15 is 0 Å². The molecule has 0 bridgehead atoms. The molecule has 0 atom stereocenters. The summed E-state index contributed by atoms with van der Waals surface area (Å²) < 4.78 is 15.6. The molecular weight excluding hydrogens is 336 g/mol. The van der Waals surface area contributed by atoms with Crippen LogP contribution < -0.4 is 24.4 Å². The minimum absolute atomic E-state index is 0.158. The molecule has 0 saturated carbocycles. The third-order valence-electron chi connectivity index (χ3n) is 3.71. The lowest BCUT2D eigenvalue weighted by Crippen LogP contribution is -2.36. The zero-order valence-electron chi connectivity index (χ0n) is 15.2. The molecule has 0 aliphatic carbocycles. The normalized spacial score (nSPS) is 10.0. The van der Waals surface area contributed by atoms with Gasteiger partial charge in [-0.1, -0.05) is 6.07 Å². The first-order valence-electron chi connectivity index (χ1n) is 7.92. The minimum Gasteiger partial charge on any atom is -0.497 e. The van der Waals surface area contributed by atoms with Crippen LogP contribution in [0.5, 0.6) is 17.2 Å². The number of anilines is 2. The number of hydrogen-bond acceptors (Lipinski definition) is 5. The van der Waals surface area contributed by atoms with E-state index in [1.165, 1.54) is 18.9 Å². The molecule has 2 rings (SSSR count). The third-order valence-corrected chi connectivity index (χ3v) is 3.71. The molecule has 0 aliphatic heterocycles. The molecule has 2 aromatic carbocycles. The van der Waals surface area contributed by atoms with Crippen LogP contribution in [0.4, 0.5) is 11.4 Å². The van der Waals surface area contributed by atoms with E-state index in [-0.39, 0.29) is 18.4 Å². The van der Waals surface area contributed by atoms with E-state index in [9.17, 15) is 9.59 Å². The standard InChI is InChI=1S/C19H22N2O5/c1-13(22)21(17-9-8-16(25-3)11-18(17)26-4)12-19(23)20-14-6-5-7-15(10-14)24-2/h5-11H,12H2,1-4H3,(H,20,23). The first kappa shape index (κ1) is 19.1. The maximum absolute atomic E-state index is 12.4. The van der Waals surface area contributed by atoms with E-state index in [2.05, 4.69) is 5.32 Å². The lowest BCUT2D eigenvalue weighted by atomic mass is 10.2. The van der Waals surface area contributed by atoms with Crippen LogP contribution in [0.15, 0.2) is 42.5 Å². The summed E-state index contributed by atoms with van der Waals surface area (Å²) in [5.74, 6) is 1.03. The fourth-order valence-electron chi connectivity index (χ4n) is 2.42. The van der Waals surface area contributed by atoms with Crippen molar-refractivity contribution >= 4 is 23.2 Å². The van der Waals surface area contributed by atoms with Crippen molar-refractivity contribution in [2.45, 2.75) is 6.92 Å². The lowest BCUT2D eigenvalue weighted by molar-refractivity contribution is -0.120. The number of carbonyl (C=O) groups excluding carboxylic acids is 2. The molecule has 7 heteroatoms. The first-order valence-corrected chi connectivity index (χ1v) is 7.92. The van der Waals surface area contributed by atoms with Gasteiger partial charge in [-0.15, -0.1) is 0 Å². The van der Waals surface area contributed by atoms with Crippen molar-refractivity contribution < 1.29 is 23.8 Å². The number of methoxy groups -OCH3 is 3. The van der Waals surface area contributed by atoms with Crippen LogP contribution in [-0.2, 0) is 9.59 Å². The summed E-state index contributed by atoms with van der Waals surface area (Å²) in [5.41, 5.74) is 1.07. The van der Waals surface area contributed by atoms with Crippen LogP contribution >= 0.6 is 0 Å². The Morgan fingerprint density at radius 2 is 1.65 bits per heavy atom. The summed E-state index contributed by atoms with van der Waals surface area (Å²) in [6.45, 7) is 1.23. The Labute approximate surface area is 152 Å². The van der Waals surface area contributed by atoms with Gasteiger partial charge < -0.3 is 19.5 Å². The molecule has 0 fully saturated rings. The number of carbonyl (C=O) groups is 2. The van der Waals surface area contributed by atoms with Crippen molar-refractivity contribution in [3.05, 3.63) is 42.5 Å². The molecule has 2 aromatic rings. The Morgan fingerprint density at radius 3 is 2.27 bits per heavy atom. The molecular formula is C19H22N2O5. The summed E-state index contributed by atoms with van der Waals surface area (Å²) in [5, 5.41) is 2.75. The molecule has 0 unspecified atom stereocenters. The SMILES string of the molecule is COc1cccc(NC(=O)CN(C(C)=O)c2ccc(OC)cc2OC)c1. The maximum atomic E-state index is 12.4. The topological polar surface area (TPSA) is 77.1 Å². The predicted molar refractivity (Wildman–Crippen MR) is 99.2 cm³/mol. The Kier molecular flexibility index (Phi) is 6.43. The van der Waals surface area contributed by atoms with Gasteiger partial charge in [-0.05, 0) is 24.3 Å². The molecule has 26 heavy (non-hydrogen) atoms. The van der Waals surface area contributed by atoms with Gasteiger partial charge in [0.15, 0.2) is 0 Å². The van der Waals surface area contributed by atoms with E-state index in [0.717, 1.165) is 0 Å². The zero-order valence-corrected chi connectivity index (χ0v) is 15.2. The molecule has 0 heterocycles. The van der Waals surface area contributed by atoms with Crippen LogP contribution in [0.2, 0.25) is 0 Å². The molecule has 7 nitrogen and oxygen atoms in total. The molecule has 0 radical (unpaired) electrons. The number of rotatable bonds is 7.